The minimum Gasteiger partial charge on any atom is -0.339 e. The third kappa shape index (κ3) is 3.63. The van der Waals surface area contributed by atoms with Crippen molar-refractivity contribution in [2.24, 2.45) is 0 Å². The molecule has 1 unspecified atom stereocenters. The third-order valence-corrected chi connectivity index (χ3v) is 6.90. The number of para-hydroxylation sites is 1. The Kier molecular flexibility index (Phi) is 5.80. The highest BCUT2D eigenvalue weighted by molar-refractivity contribution is 8.15. The highest BCUT2D eigenvalue weighted by Gasteiger charge is 2.61. The molecule has 2 aromatic carbocycles. The average molecular weight is 475 g/mol. The molecule has 172 valence electrons. The molecule has 3 aromatic rings. The second-order valence-electron chi connectivity index (χ2n) is 7.77. The lowest BCUT2D eigenvalue weighted by Gasteiger charge is -2.44. The van der Waals surface area contributed by atoms with E-state index in [0.29, 0.717) is 17.1 Å². The first-order valence-electron chi connectivity index (χ1n) is 10.9. The van der Waals surface area contributed by atoms with Crippen LogP contribution in [-0.4, -0.2) is 50.2 Å². The Labute approximate surface area is 201 Å². The predicted octanol–water partition coefficient (Wildman–Crippen LogP) is 4.22. The number of hydrogen-bond donors (Lipinski definition) is 0. The molecule has 1 saturated heterocycles. The molecule has 0 bridgehead atoms. The molecule has 2 aliphatic heterocycles. The van der Waals surface area contributed by atoms with Crippen molar-refractivity contribution < 1.29 is 19.1 Å². The standard InChI is InChI=1S/C25H22N4O4S/c1-2-33-25(23(31)27(24(32)34-25)16-18-10-4-3-5-11-18)29-17-28(21-14-8-9-15-26-21)20-13-7-6-12-19(20)22(29)30/h3-15H,2,16-17H2,1H3. The van der Waals surface area contributed by atoms with E-state index < -0.39 is 16.2 Å². The summed E-state index contributed by atoms with van der Waals surface area (Å²) in [7, 11) is 0. The van der Waals surface area contributed by atoms with E-state index in [9.17, 15) is 14.4 Å². The summed E-state index contributed by atoms with van der Waals surface area (Å²) in [5.41, 5.74) is 1.89. The fourth-order valence-corrected chi connectivity index (χ4v) is 5.28. The predicted molar refractivity (Wildman–Crippen MR) is 128 cm³/mol. The number of amides is 3. The maximum atomic E-state index is 13.8. The van der Waals surface area contributed by atoms with E-state index in [-0.39, 0.29) is 25.7 Å². The molecule has 0 N–H and O–H groups in total. The van der Waals surface area contributed by atoms with Gasteiger partial charge in [-0.2, -0.15) is 0 Å². The summed E-state index contributed by atoms with van der Waals surface area (Å²) in [5.74, 6) is -0.338. The van der Waals surface area contributed by atoms with Crippen LogP contribution < -0.4 is 4.90 Å². The fraction of sp³-hybridized carbons (Fsp3) is 0.200. The number of carbonyl (C=O) groups is 3. The number of ether oxygens (including phenoxy) is 1. The molecule has 3 heterocycles. The van der Waals surface area contributed by atoms with Gasteiger partial charge in [-0.05, 0) is 36.8 Å². The molecule has 8 nitrogen and oxygen atoms in total. The normalized spacial score (nSPS) is 20.1. The monoisotopic (exact) mass is 474 g/mol. The number of rotatable bonds is 6. The van der Waals surface area contributed by atoms with E-state index >= 15 is 0 Å². The van der Waals surface area contributed by atoms with Crippen LogP contribution in [-0.2, 0) is 16.1 Å². The lowest BCUT2D eigenvalue weighted by Crippen LogP contribution is -2.61. The Morgan fingerprint density at radius 1 is 0.971 bits per heavy atom. The molecule has 0 aliphatic carbocycles. The van der Waals surface area contributed by atoms with Gasteiger partial charge in [-0.3, -0.25) is 24.2 Å². The number of hydrogen-bond acceptors (Lipinski definition) is 7. The first-order valence-corrected chi connectivity index (χ1v) is 11.7. The molecule has 0 spiro atoms. The van der Waals surface area contributed by atoms with Crippen LogP contribution in [0.4, 0.5) is 16.3 Å². The van der Waals surface area contributed by atoms with Gasteiger partial charge in [0.25, 0.3) is 22.1 Å². The van der Waals surface area contributed by atoms with Crippen molar-refractivity contribution in [1.29, 1.82) is 0 Å². The topological polar surface area (TPSA) is 83.1 Å². The molecule has 0 radical (unpaired) electrons. The van der Waals surface area contributed by atoms with Crippen LogP contribution >= 0.6 is 11.8 Å². The molecule has 1 fully saturated rings. The third-order valence-electron chi connectivity index (χ3n) is 5.72. The Hall–Kier alpha value is -3.69. The number of carbonyl (C=O) groups excluding carboxylic acids is 3. The Morgan fingerprint density at radius 2 is 1.71 bits per heavy atom. The van der Waals surface area contributed by atoms with Crippen LogP contribution in [0.25, 0.3) is 0 Å². The lowest BCUT2D eigenvalue weighted by atomic mass is 10.1. The lowest BCUT2D eigenvalue weighted by molar-refractivity contribution is -0.155. The maximum absolute atomic E-state index is 13.8. The maximum Gasteiger partial charge on any atom is 0.295 e. The second kappa shape index (κ2) is 8.92. The van der Waals surface area contributed by atoms with Crippen LogP contribution in [0.3, 0.4) is 0 Å². The minimum atomic E-state index is -1.81. The molecule has 5 rings (SSSR count). The van der Waals surface area contributed by atoms with Crippen LogP contribution in [0.5, 0.6) is 0 Å². The van der Waals surface area contributed by atoms with Crippen molar-refractivity contribution in [3.8, 4) is 0 Å². The van der Waals surface area contributed by atoms with Crippen molar-refractivity contribution in [3.63, 3.8) is 0 Å². The number of imide groups is 1. The van der Waals surface area contributed by atoms with E-state index in [0.717, 1.165) is 22.2 Å². The van der Waals surface area contributed by atoms with E-state index in [1.54, 1.807) is 31.3 Å². The van der Waals surface area contributed by atoms with Gasteiger partial charge in [0.1, 0.15) is 12.5 Å². The zero-order valence-corrected chi connectivity index (χ0v) is 19.3. The van der Waals surface area contributed by atoms with Gasteiger partial charge in [-0.15, -0.1) is 0 Å². The largest absolute Gasteiger partial charge is 0.339 e. The van der Waals surface area contributed by atoms with Gasteiger partial charge in [-0.1, -0.05) is 48.5 Å². The second-order valence-corrected chi connectivity index (χ2v) is 8.87. The van der Waals surface area contributed by atoms with Crippen molar-refractivity contribution in [1.82, 2.24) is 14.8 Å². The van der Waals surface area contributed by atoms with Gasteiger partial charge in [0.2, 0.25) is 0 Å². The first-order chi connectivity index (χ1) is 16.5. The van der Waals surface area contributed by atoms with Crippen molar-refractivity contribution >= 4 is 40.3 Å². The Balaban J connectivity index is 1.56. The average Bonchev–Trinajstić information content (AvgIpc) is 3.10. The zero-order valence-electron chi connectivity index (χ0n) is 18.5. The van der Waals surface area contributed by atoms with E-state index in [1.165, 1.54) is 4.90 Å². The molecule has 2 aliphatic rings. The first kappa shape index (κ1) is 22.1. The van der Waals surface area contributed by atoms with Crippen molar-refractivity contribution in [2.75, 3.05) is 18.2 Å². The molecule has 0 saturated carbocycles. The summed E-state index contributed by atoms with van der Waals surface area (Å²) >= 11 is 0.728. The van der Waals surface area contributed by atoms with Crippen LogP contribution in [0.2, 0.25) is 0 Å². The zero-order chi connectivity index (χ0) is 23.7. The molecular formula is C25H22N4O4S. The Morgan fingerprint density at radius 3 is 2.44 bits per heavy atom. The molecular weight excluding hydrogens is 452 g/mol. The number of anilines is 2. The number of nitrogens with zero attached hydrogens (tertiary/aromatic N) is 4. The SMILES string of the molecule is CCOC1(N2CN(c3ccccn3)c3ccccc3C2=O)SC(=O)N(Cc2ccccc2)C1=O. The summed E-state index contributed by atoms with van der Waals surface area (Å²) in [4.78, 5) is 49.3. The van der Waals surface area contributed by atoms with Crippen molar-refractivity contribution in [2.45, 2.75) is 18.5 Å². The smallest absolute Gasteiger partial charge is 0.295 e. The molecule has 1 atom stereocenters. The molecule has 3 amide bonds. The summed E-state index contributed by atoms with van der Waals surface area (Å²) in [5, 5.41) is -2.27. The highest BCUT2D eigenvalue weighted by atomic mass is 32.2. The quantitative estimate of drug-likeness (QED) is 0.529. The minimum absolute atomic E-state index is 0.00193. The summed E-state index contributed by atoms with van der Waals surface area (Å²) in [6, 6.07) is 21.9. The van der Waals surface area contributed by atoms with Crippen LogP contribution in [0.15, 0.2) is 79.0 Å². The Bertz CT molecular complexity index is 1240. The summed E-state index contributed by atoms with van der Waals surface area (Å²) in [6.07, 6.45) is 1.66. The number of fused-ring (bicyclic) bond motifs is 1. The van der Waals surface area contributed by atoms with Gasteiger partial charge < -0.3 is 9.64 Å². The van der Waals surface area contributed by atoms with Crippen LogP contribution in [0, 0.1) is 0 Å². The van der Waals surface area contributed by atoms with Gasteiger partial charge in [-0.25, -0.2) is 4.98 Å². The number of thioether (sulfide) groups is 1. The summed E-state index contributed by atoms with van der Waals surface area (Å²) < 4.78 is 5.96. The van der Waals surface area contributed by atoms with Crippen LogP contribution in [0.1, 0.15) is 22.8 Å². The molecule has 1 aromatic heterocycles. The van der Waals surface area contributed by atoms with Gasteiger partial charge in [0.05, 0.1) is 17.8 Å². The van der Waals surface area contributed by atoms with Gasteiger partial charge in [0.15, 0.2) is 0 Å². The van der Waals surface area contributed by atoms with Crippen molar-refractivity contribution in [3.05, 3.63) is 90.1 Å². The molecule has 34 heavy (non-hydrogen) atoms. The van der Waals surface area contributed by atoms with E-state index in [1.807, 2.05) is 59.5 Å². The molecule has 9 heteroatoms. The number of benzene rings is 2. The number of aromatic nitrogens is 1. The van der Waals surface area contributed by atoms with E-state index in [2.05, 4.69) is 4.98 Å². The summed E-state index contributed by atoms with van der Waals surface area (Å²) in [6.45, 7) is 1.97. The fourth-order valence-electron chi connectivity index (χ4n) is 4.16. The highest BCUT2D eigenvalue weighted by Crippen LogP contribution is 2.45. The van der Waals surface area contributed by atoms with Gasteiger partial charge >= 0.3 is 0 Å². The number of pyridine rings is 1. The van der Waals surface area contributed by atoms with E-state index in [4.69, 9.17) is 4.74 Å². The van der Waals surface area contributed by atoms with Gasteiger partial charge in [0, 0.05) is 24.6 Å².